The van der Waals surface area contributed by atoms with Crippen molar-refractivity contribution in [2.75, 3.05) is 6.54 Å². The van der Waals surface area contributed by atoms with Crippen LogP contribution < -0.4 is 5.73 Å². The number of fused-ring (bicyclic) bond motifs is 1. The lowest BCUT2D eigenvalue weighted by Crippen LogP contribution is -2.18. The minimum absolute atomic E-state index is 0.0783. The Hall–Kier alpha value is -1.84. The van der Waals surface area contributed by atoms with E-state index in [1.165, 1.54) is 5.56 Å². The van der Waals surface area contributed by atoms with Crippen molar-refractivity contribution in [2.24, 2.45) is 5.73 Å². The number of imidazole rings is 1. The molecule has 0 radical (unpaired) electrons. The van der Waals surface area contributed by atoms with E-state index in [0.717, 1.165) is 28.4 Å². The van der Waals surface area contributed by atoms with Gasteiger partial charge in [0, 0.05) is 13.1 Å². The molecule has 1 atom stereocenters. The quantitative estimate of drug-likeness (QED) is 0.796. The molecule has 1 unspecified atom stereocenters. The van der Waals surface area contributed by atoms with Gasteiger partial charge in [-0.2, -0.15) is 0 Å². The molecule has 2 N–H and O–H groups in total. The van der Waals surface area contributed by atoms with Crippen molar-refractivity contribution in [2.45, 2.75) is 19.4 Å². The number of aryl methyl sites for hydroxylation is 1. The Labute approximate surface area is 129 Å². The first-order valence-corrected chi connectivity index (χ1v) is 7.53. The summed E-state index contributed by atoms with van der Waals surface area (Å²) >= 11 is 6.36. The van der Waals surface area contributed by atoms with Crippen molar-refractivity contribution in [1.82, 2.24) is 9.55 Å². The second-order valence-electron chi connectivity index (χ2n) is 5.02. The molecule has 108 valence electrons. The van der Waals surface area contributed by atoms with Crippen molar-refractivity contribution in [3.63, 3.8) is 0 Å². The monoisotopic (exact) mass is 299 g/mol. The van der Waals surface area contributed by atoms with E-state index in [0.29, 0.717) is 6.54 Å². The second kappa shape index (κ2) is 5.88. The Bertz CT molecular complexity index is 749. The molecule has 1 heterocycles. The highest BCUT2D eigenvalue weighted by Crippen LogP contribution is 2.30. The summed E-state index contributed by atoms with van der Waals surface area (Å²) < 4.78 is 2.17. The largest absolute Gasteiger partial charge is 0.329 e. The summed E-state index contributed by atoms with van der Waals surface area (Å²) in [5.41, 5.74) is 9.13. The van der Waals surface area contributed by atoms with Crippen molar-refractivity contribution < 1.29 is 0 Å². The Morgan fingerprint density at radius 3 is 2.57 bits per heavy atom. The van der Waals surface area contributed by atoms with Crippen LogP contribution in [0.3, 0.4) is 0 Å². The molecule has 3 nitrogen and oxygen atoms in total. The first-order valence-electron chi connectivity index (χ1n) is 7.16. The minimum atomic E-state index is 0.0783. The molecule has 0 bridgehead atoms. The van der Waals surface area contributed by atoms with Gasteiger partial charge in [-0.25, -0.2) is 4.98 Å². The van der Waals surface area contributed by atoms with E-state index >= 15 is 0 Å². The van der Waals surface area contributed by atoms with Crippen LogP contribution in [0.4, 0.5) is 0 Å². The maximum absolute atomic E-state index is 6.36. The zero-order chi connectivity index (χ0) is 14.8. The summed E-state index contributed by atoms with van der Waals surface area (Å²) in [6.45, 7) is 3.44. The van der Waals surface area contributed by atoms with Gasteiger partial charge < -0.3 is 10.3 Å². The van der Waals surface area contributed by atoms with Crippen molar-refractivity contribution >= 4 is 22.6 Å². The molecule has 0 spiro atoms. The minimum Gasteiger partial charge on any atom is -0.329 e. The number of aromatic nitrogens is 2. The average Bonchev–Trinajstić information content (AvgIpc) is 2.89. The van der Waals surface area contributed by atoms with Crippen LogP contribution in [0.15, 0.2) is 48.5 Å². The number of nitrogens with two attached hydrogens (primary N) is 1. The summed E-state index contributed by atoms with van der Waals surface area (Å²) in [6.07, 6.45) is 0. The third kappa shape index (κ3) is 2.43. The third-order valence-electron chi connectivity index (χ3n) is 3.81. The maximum Gasteiger partial charge on any atom is 0.118 e. The van der Waals surface area contributed by atoms with Gasteiger partial charge in [0.15, 0.2) is 0 Å². The number of halogens is 1. The lowest BCUT2D eigenvalue weighted by molar-refractivity contribution is 0.660. The Balaban J connectivity index is 2.21. The smallest absolute Gasteiger partial charge is 0.118 e. The van der Waals surface area contributed by atoms with Gasteiger partial charge >= 0.3 is 0 Å². The highest BCUT2D eigenvalue weighted by molar-refractivity contribution is 6.35. The standard InChI is InChI=1S/C17H18ClN3/c1-2-21-16-14(18)9-6-10-15(16)20-17(21)13(11-19)12-7-4-3-5-8-12/h3-10,13H,2,11,19H2,1H3. The molecule has 0 fully saturated rings. The SMILES string of the molecule is CCn1c(C(CN)c2ccccc2)nc2cccc(Cl)c21. The molecule has 3 aromatic rings. The molecule has 0 saturated carbocycles. The highest BCUT2D eigenvalue weighted by Gasteiger charge is 2.21. The molecule has 4 heteroatoms. The fraction of sp³-hybridized carbons (Fsp3) is 0.235. The van der Waals surface area contributed by atoms with E-state index in [-0.39, 0.29) is 5.92 Å². The van der Waals surface area contributed by atoms with Gasteiger partial charge in [0.05, 0.1) is 22.0 Å². The summed E-state index contributed by atoms with van der Waals surface area (Å²) in [5, 5.41) is 0.733. The van der Waals surface area contributed by atoms with Crippen molar-refractivity contribution in [3.8, 4) is 0 Å². The molecular weight excluding hydrogens is 282 g/mol. The predicted molar refractivity (Wildman–Crippen MR) is 87.8 cm³/mol. The van der Waals surface area contributed by atoms with Gasteiger partial charge in [0.25, 0.3) is 0 Å². The van der Waals surface area contributed by atoms with Crippen LogP contribution in [-0.2, 0) is 6.54 Å². The van der Waals surface area contributed by atoms with E-state index in [2.05, 4.69) is 23.6 Å². The van der Waals surface area contributed by atoms with Crippen LogP contribution in [0.1, 0.15) is 24.2 Å². The molecule has 0 aliphatic rings. The zero-order valence-corrected chi connectivity index (χ0v) is 12.7. The normalized spacial score (nSPS) is 12.7. The molecule has 1 aromatic heterocycles. The number of nitrogens with zero attached hydrogens (tertiary/aromatic N) is 2. The number of para-hydroxylation sites is 1. The first-order chi connectivity index (χ1) is 10.3. The lowest BCUT2D eigenvalue weighted by atomic mass is 9.98. The molecule has 3 rings (SSSR count). The average molecular weight is 300 g/mol. The number of hydrogen-bond acceptors (Lipinski definition) is 2. The van der Waals surface area contributed by atoms with E-state index in [4.69, 9.17) is 22.3 Å². The van der Waals surface area contributed by atoms with Crippen molar-refractivity contribution in [3.05, 3.63) is 64.9 Å². The number of rotatable bonds is 4. The molecule has 0 saturated heterocycles. The molecule has 0 aliphatic heterocycles. The fourth-order valence-electron chi connectivity index (χ4n) is 2.82. The van der Waals surface area contributed by atoms with E-state index in [1.54, 1.807) is 0 Å². The van der Waals surface area contributed by atoms with Crippen LogP contribution in [0, 0.1) is 0 Å². The van der Waals surface area contributed by atoms with Gasteiger partial charge in [-0.15, -0.1) is 0 Å². The highest BCUT2D eigenvalue weighted by atomic mass is 35.5. The van der Waals surface area contributed by atoms with Gasteiger partial charge in [-0.1, -0.05) is 48.0 Å². The van der Waals surface area contributed by atoms with Crippen molar-refractivity contribution in [1.29, 1.82) is 0 Å². The van der Waals surface area contributed by atoms with Crippen LogP contribution in [-0.4, -0.2) is 16.1 Å². The van der Waals surface area contributed by atoms with Gasteiger partial charge in [-0.05, 0) is 24.6 Å². The second-order valence-corrected chi connectivity index (χ2v) is 5.43. The van der Waals surface area contributed by atoms with Gasteiger partial charge in [0.1, 0.15) is 5.82 Å². The summed E-state index contributed by atoms with van der Waals surface area (Å²) in [7, 11) is 0. The molecule has 21 heavy (non-hydrogen) atoms. The Kier molecular flexibility index (Phi) is 3.95. The van der Waals surface area contributed by atoms with Gasteiger partial charge in [0.2, 0.25) is 0 Å². The van der Waals surface area contributed by atoms with Crippen LogP contribution in [0.2, 0.25) is 5.02 Å². The number of hydrogen-bond donors (Lipinski definition) is 1. The van der Waals surface area contributed by atoms with Gasteiger partial charge in [-0.3, -0.25) is 0 Å². The van der Waals surface area contributed by atoms with E-state index in [9.17, 15) is 0 Å². The van der Waals surface area contributed by atoms with E-state index < -0.39 is 0 Å². The molecule has 0 amide bonds. The van der Waals surface area contributed by atoms with Crippen LogP contribution >= 0.6 is 11.6 Å². The lowest BCUT2D eigenvalue weighted by Gasteiger charge is -2.16. The molecule has 2 aromatic carbocycles. The summed E-state index contributed by atoms with van der Waals surface area (Å²) in [4.78, 5) is 4.79. The van der Waals surface area contributed by atoms with Crippen LogP contribution in [0.5, 0.6) is 0 Å². The predicted octanol–water partition coefficient (Wildman–Crippen LogP) is 3.80. The molecular formula is C17H18ClN3. The first kappa shape index (κ1) is 14.1. The number of benzene rings is 2. The fourth-order valence-corrected chi connectivity index (χ4v) is 3.09. The maximum atomic E-state index is 6.36. The third-order valence-corrected chi connectivity index (χ3v) is 4.12. The van der Waals surface area contributed by atoms with Crippen LogP contribution in [0.25, 0.3) is 11.0 Å². The summed E-state index contributed by atoms with van der Waals surface area (Å²) in [5.74, 6) is 1.06. The molecule has 0 aliphatic carbocycles. The Morgan fingerprint density at radius 1 is 1.14 bits per heavy atom. The Morgan fingerprint density at radius 2 is 1.90 bits per heavy atom. The zero-order valence-electron chi connectivity index (χ0n) is 12.0. The summed E-state index contributed by atoms with van der Waals surface area (Å²) in [6, 6.07) is 16.1. The van der Waals surface area contributed by atoms with E-state index in [1.807, 2.05) is 36.4 Å². The topological polar surface area (TPSA) is 43.8 Å².